The van der Waals surface area contributed by atoms with Crippen LogP contribution in [0.4, 0.5) is 5.13 Å². The number of carboxylic acid groups (broad SMARTS) is 2. The van der Waals surface area contributed by atoms with Crippen molar-refractivity contribution in [3.05, 3.63) is 56.1 Å². The maximum absolute atomic E-state index is 13.3. The molecule has 0 radical (unpaired) electrons. The van der Waals surface area contributed by atoms with Gasteiger partial charge in [-0.25, -0.2) is 24.6 Å². The molecule has 1 saturated heterocycles. The summed E-state index contributed by atoms with van der Waals surface area (Å²) in [6.07, 6.45) is 1.16. The van der Waals surface area contributed by atoms with Crippen LogP contribution in [0.15, 0.2) is 38.9 Å². The number of carboxylic acids is 2. The SMILES string of the molecule is Cc1cn(O)c(CNC(=O)C2=C(C(=O)O)N3C(=O)[C@@H](NC(=O)/C(=N\OC(C)(C)C(=O)O)c4csc(N)n4)CN3C2)cc1=O. The van der Waals surface area contributed by atoms with Gasteiger partial charge in [0.15, 0.2) is 22.0 Å². The summed E-state index contributed by atoms with van der Waals surface area (Å²) in [6.45, 7) is 3.01. The van der Waals surface area contributed by atoms with E-state index in [1.165, 1.54) is 31.2 Å². The maximum atomic E-state index is 13.3. The Kier molecular flexibility index (Phi) is 8.22. The molecule has 0 aliphatic carbocycles. The lowest BCUT2D eigenvalue weighted by atomic mass is 10.1. The Morgan fingerprint density at radius 3 is 2.56 bits per heavy atom. The van der Waals surface area contributed by atoms with Crippen LogP contribution in [-0.4, -0.2) is 95.3 Å². The highest BCUT2D eigenvalue weighted by Crippen LogP contribution is 2.30. The molecule has 4 heterocycles. The molecule has 1 atom stereocenters. The molecule has 228 valence electrons. The monoisotopic (exact) mass is 618 g/mol. The molecule has 7 N–H and O–H groups in total. The Balaban J connectivity index is 1.52. The number of aryl methyl sites for hydroxylation is 1. The third-order valence-electron chi connectivity index (χ3n) is 6.39. The highest BCUT2D eigenvalue weighted by Gasteiger charge is 2.49. The highest BCUT2D eigenvalue weighted by molar-refractivity contribution is 7.13. The number of rotatable bonds is 10. The number of nitrogen functional groups attached to an aromatic ring is 1. The number of nitrogens with two attached hydrogens (primary N) is 1. The summed E-state index contributed by atoms with van der Waals surface area (Å²) in [5.41, 5.74) is 2.30. The van der Waals surface area contributed by atoms with Crippen LogP contribution in [0.5, 0.6) is 0 Å². The third-order valence-corrected chi connectivity index (χ3v) is 7.06. The molecule has 2 aliphatic heterocycles. The average Bonchev–Trinajstić information content (AvgIpc) is 3.60. The fourth-order valence-electron chi connectivity index (χ4n) is 4.03. The van der Waals surface area contributed by atoms with Crippen LogP contribution in [0.25, 0.3) is 0 Å². The molecule has 0 bridgehead atoms. The zero-order chi connectivity index (χ0) is 31.8. The largest absolute Gasteiger partial charge is 0.478 e. The minimum Gasteiger partial charge on any atom is -0.478 e. The first-order valence-electron chi connectivity index (χ1n) is 12.4. The van der Waals surface area contributed by atoms with Crippen LogP contribution in [0, 0.1) is 6.92 Å². The first kappa shape index (κ1) is 30.7. The topological polar surface area (TPSA) is 259 Å². The lowest BCUT2D eigenvalue weighted by molar-refractivity contribution is -0.161. The Hall–Kier alpha value is -5.30. The van der Waals surface area contributed by atoms with Gasteiger partial charge in [-0.05, 0) is 20.8 Å². The molecule has 0 unspecified atom stereocenters. The molecule has 0 spiro atoms. The number of carbonyl (C=O) groups excluding carboxylic acids is 3. The number of aliphatic carboxylic acids is 2. The van der Waals surface area contributed by atoms with Crippen molar-refractivity contribution in [2.45, 2.75) is 39.0 Å². The van der Waals surface area contributed by atoms with Crippen molar-refractivity contribution in [3.63, 3.8) is 0 Å². The quantitative estimate of drug-likeness (QED) is 0.0980. The maximum Gasteiger partial charge on any atom is 0.354 e. The van der Waals surface area contributed by atoms with E-state index >= 15 is 0 Å². The lowest BCUT2D eigenvalue weighted by Crippen LogP contribution is -2.46. The summed E-state index contributed by atoms with van der Waals surface area (Å²) in [5, 5.41) is 41.1. The molecule has 19 heteroatoms. The molecule has 2 aromatic heterocycles. The number of anilines is 1. The van der Waals surface area contributed by atoms with Gasteiger partial charge in [0, 0.05) is 23.6 Å². The van der Waals surface area contributed by atoms with E-state index in [1.807, 2.05) is 0 Å². The predicted octanol–water partition coefficient (Wildman–Crippen LogP) is -1.77. The number of oxime groups is 1. The number of fused-ring (bicyclic) bond motifs is 1. The number of nitrogens with one attached hydrogen (secondary N) is 2. The van der Waals surface area contributed by atoms with Crippen LogP contribution in [0.3, 0.4) is 0 Å². The lowest BCUT2D eigenvalue weighted by Gasteiger charge is -2.19. The zero-order valence-electron chi connectivity index (χ0n) is 22.9. The number of hydrazine groups is 1. The first-order valence-corrected chi connectivity index (χ1v) is 13.3. The van der Waals surface area contributed by atoms with Crippen LogP contribution >= 0.6 is 11.3 Å². The van der Waals surface area contributed by atoms with E-state index in [-0.39, 0.29) is 52.7 Å². The van der Waals surface area contributed by atoms with Crippen LogP contribution in [-0.2, 0) is 35.4 Å². The van der Waals surface area contributed by atoms with Gasteiger partial charge in [-0.3, -0.25) is 19.2 Å². The molecule has 1 fully saturated rings. The molecule has 0 saturated carbocycles. The van der Waals surface area contributed by atoms with Gasteiger partial charge >= 0.3 is 11.9 Å². The van der Waals surface area contributed by atoms with Gasteiger partial charge in [-0.2, -0.15) is 4.73 Å². The van der Waals surface area contributed by atoms with Crippen molar-refractivity contribution in [1.82, 2.24) is 30.4 Å². The molecule has 4 rings (SSSR count). The number of hydrogen-bond acceptors (Lipinski definition) is 13. The summed E-state index contributed by atoms with van der Waals surface area (Å²) < 4.78 is 0.655. The number of amides is 3. The summed E-state index contributed by atoms with van der Waals surface area (Å²) in [5.74, 6) is -5.68. The Bertz CT molecular complexity index is 1660. The van der Waals surface area contributed by atoms with E-state index in [2.05, 4.69) is 20.8 Å². The van der Waals surface area contributed by atoms with Gasteiger partial charge in [-0.15, -0.1) is 11.3 Å². The minimum absolute atomic E-state index is 0.0362. The number of aromatic nitrogens is 2. The molecule has 43 heavy (non-hydrogen) atoms. The van der Waals surface area contributed by atoms with E-state index in [9.17, 15) is 44.2 Å². The normalized spacial score (nSPS) is 17.2. The molecule has 3 amide bonds. The second-order valence-corrected chi connectivity index (χ2v) is 10.8. The standard InChI is InChI=1S/C24H26N8O10S/c1-10-6-31(41)11(4-15(10)33)5-26-18(34)12-7-30-8-13(20(36)32(30)17(12)21(37)38)27-19(35)16(14-9-43-23(25)28-14)29-42-24(2,3)22(39)40/h4,6,9,13,41H,5,7-8H2,1-3H3,(H2,25,28)(H,26,34)(H,27,35)(H,37,38)(H,39,40)/b29-16-/t13-/m0/s1. The summed E-state index contributed by atoms with van der Waals surface area (Å²) in [6, 6.07) is -0.183. The average molecular weight is 619 g/mol. The van der Waals surface area contributed by atoms with Crippen molar-refractivity contribution in [3.8, 4) is 0 Å². The highest BCUT2D eigenvalue weighted by atomic mass is 32.1. The minimum atomic E-state index is -1.82. The number of pyridine rings is 1. The van der Waals surface area contributed by atoms with E-state index in [0.717, 1.165) is 28.6 Å². The smallest absolute Gasteiger partial charge is 0.354 e. The molecule has 2 aliphatic rings. The van der Waals surface area contributed by atoms with Gasteiger partial charge in [0.05, 0.1) is 30.6 Å². The van der Waals surface area contributed by atoms with E-state index < -0.39 is 52.7 Å². The van der Waals surface area contributed by atoms with Gasteiger partial charge in [0.25, 0.3) is 17.7 Å². The number of hydrogen-bond donors (Lipinski definition) is 6. The molecular formula is C24H26N8O10S. The zero-order valence-corrected chi connectivity index (χ0v) is 23.7. The van der Waals surface area contributed by atoms with Crippen LogP contribution in [0.1, 0.15) is 30.8 Å². The van der Waals surface area contributed by atoms with Crippen molar-refractivity contribution in [1.29, 1.82) is 0 Å². The number of nitrogens with zero attached hydrogens (tertiary/aromatic N) is 5. The summed E-state index contributed by atoms with van der Waals surface area (Å²) in [4.78, 5) is 83.8. The molecular weight excluding hydrogens is 592 g/mol. The van der Waals surface area contributed by atoms with E-state index in [0.29, 0.717) is 4.73 Å². The molecule has 18 nitrogen and oxygen atoms in total. The summed E-state index contributed by atoms with van der Waals surface area (Å²) >= 11 is 0.968. The van der Waals surface area contributed by atoms with E-state index in [1.54, 1.807) is 0 Å². The van der Waals surface area contributed by atoms with Crippen LogP contribution < -0.4 is 21.8 Å². The summed E-state index contributed by atoms with van der Waals surface area (Å²) in [7, 11) is 0. The molecule has 2 aromatic rings. The fraction of sp³-hybridized carbons (Fsp3) is 0.333. The Morgan fingerprint density at radius 1 is 1.26 bits per heavy atom. The van der Waals surface area contributed by atoms with Crippen molar-refractivity contribution in [2.24, 2.45) is 5.16 Å². The van der Waals surface area contributed by atoms with Gasteiger partial charge in [-0.1, -0.05) is 5.16 Å². The number of thiazole rings is 1. The first-order chi connectivity index (χ1) is 20.1. The molecule has 0 aromatic carbocycles. The van der Waals surface area contributed by atoms with Gasteiger partial charge < -0.3 is 36.6 Å². The van der Waals surface area contributed by atoms with Crippen molar-refractivity contribution in [2.75, 3.05) is 18.8 Å². The van der Waals surface area contributed by atoms with Crippen molar-refractivity contribution >= 4 is 51.8 Å². The van der Waals surface area contributed by atoms with Crippen LogP contribution in [0.2, 0.25) is 0 Å². The van der Waals surface area contributed by atoms with Gasteiger partial charge in [0.1, 0.15) is 11.7 Å². The van der Waals surface area contributed by atoms with Gasteiger partial charge in [0.2, 0.25) is 5.60 Å². The fourth-order valence-corrected chi connectivity index (χ4v) is 4.58. The Morgan fingerprint density at radius 2 is 1.95 bits per heavy atom. The second kappa shape index (κ2) is 11.5. The van der Waals surface area contributed by atoms with E-state index in [4.69, 9.17) is 10.6 Å². The number of carbonyl (C=O) groups is 5. The second-order valence-electron chi connectivity index (χ2n) is 9.91. The predicted molar refractivity (Wildman–Crippen MR) is 145 cm³/mol. The Labute approximate surface area is 245 Å². The third kappa shape index (κ3) is 6.16. The van der Waals surface area contributed by atoms with Crippen molar-refractivity contribution < 1.29 is 44.2 Å².